The van der Waals surface area contributed by atoms with Crippen LogP contribution in [0.4, 0.5) is 0 Å². The van der Waals surface area contributed by atoms with Crippen LogP contribution >= 0.6 is 11.6 Å². The molecule has 0 aliphatic carbocycles. The standard InChI is InChI=1S/C32H31ClN4O4/c1-18-13-22(32(38)39)14-26-30(18)35-28(37(26)16-24-10-12-40-24)17-36-11-9-20-3-4-21-5-8-27(25-7-6-23(33)15-34-25)41-31(21)29(20)19(36)2/h3-8,13-15,19,24,27H,9-12,16-17H2,1-2H3,(H,38,39)/t19?,24-,27+/m0/s1. The number of fused-ring (bicyclic) bond motifs is 4. The fraction of sp³-hybridized carbons (Fsp3) is 0.344. The van der Waals surface area contributed by atoms with Crippen LogP contribution in [-0.4, -0.2) is 49.8 Å². The third kappa shape index (κ3) is 4.70. The predicted octanol–water partition coefficient (Wildman–Crippen LogP) is 6.15. The van der Waals surface area contributed by atoms with Gasteiger partial charge in [0.15, 0.2) is 6.10 Å². The van der Waals surface area contributed by atoms with Crippen molar-refractivity contribution in [2.24, 2.45) is 0 Å². The fourth-order valence-corrected chi connectivity index (χ4v) is 6.34. The third-order valence-corrected chi connectivity index (χ3v) is 8.81. The second-order valence-corrected chi connectivity index (χ2v) is 11.6. The molecule has 4 aromatic rings. The van der Waals surface area contributed by atoms with Crippen LogP contribution in [0.2, 0.25) is 5.02 Å². The maximum absolute atomic E-state index is 11.8. The van der Waals surface area contributed by atoms with Crippen LogP contribution in [0.3, 0.4) is 0 Å². The highest BCUT2D eigenvalue weighted by Gasteiger charge is 2.32. The normalized spacial score (nSPS) is 21.7. The van der Waals surface area contributed by atoms with E-state index < -0.39 is 5.97 Å². The van der Waals surface area contributed by atoms with Crippen molar-refractivity contribution in [3.05, 3.63) is 93.0 Å². The van der Waals surface area contributed by atoms with Crippen LogP contribution in [0.25, 0.3) is 17.1 Å². The van der Waals surface area contributed by atoms with Crippen molar-refractivity contribution in [2.75, 3.05) is 13.2 Å². The van der Waals surface area contributed by atoms with Gasteiger partial charge in [0, 0.05) is 36.5 Å². The van der Waals surface area contributed by atoms with Gasteiger partial charge in [0.2, 0.25) is 0 Å². The molecule has 1 saturated heterocycles. The number of hydrogen-bond acceptors (Lipinski definition) is 6. The van der Waals surface area contributed by atoms with E-state index in [1.165, 1.54) is 11.1 Å². The van der Waals surface area contributed by atoms with Crippen LogP contribution in [-0.2, 0) is 24.2 Å². The highest BCUT2D eigenvalue weighted by molar-refractivity contribution is 6.30. The lowest BCUT2D eigenvalue weighted by molar-refractivity contribution is -0.0592. The van der Waals surface area contributed by atoms with E-state index in [1.807, 2.05) is 25.1 Å². The molecular weight excluding hydrogens is 540 g/mol. The highest BCUT2D eigenvalue weighted by Crippen LogP contribution is 2.43. The second-order valence-electron chi connectivity index (χ2n) is 11.1. The Balaban J connectivity index is 1.23. The van der Waals surface area contributed by atoms with Crippen LogP contribution in [0.15, 0.2) is 48.7 Å². The summed E-state index contributed by atoms with van der Waals surface area (Å²) in [6.07, 6.45) is 7.53. The monoisotopic (exact) mass is 570 g/mol. The first-order chi connectivity index (χ1) is 19.9. The van der Waals surface area contributed by atoms with Crippen molar-refractivity contribution >= 4 is 34.7 Å². The third-order valence-electron chi connectivity index (χ3n) is 8.58. The molecule has 0 bridgehead atoms. The number of aromatic carboxylic acids is 1. The lowest BCUT2D eigenvalue weighted by Crippen LogP contribution is -2.36. The molecule has 1 N–H and O–H groups in total. The van der Waals surface area contributed by atoms with Gasteiger partial charge in [0.25, 0.3) is 0 Å². The molecule has 0 amide bonds. The minimum absolute atomic E-state index is 0.0860. The maximum atomic E-state index is 11.8. The molecule has 1 fully saturated rings. The molecule has 0 radical (unpaired) electrons. The molecular formula is C32H31ClN4O4. The first kappa shape index (κ1) is 26.2. The average Bonchev–Trinajstić information content (AvgIpc) is 3.29. The summed E-state index contributed by atoms with van der Waals surface area (Å²) in [5.41, 5.74) is 7.21. The molecule has 9 heteroatoms. The lowest BCUT2D eigenvalue weighted by Gasteiger charge is -2.38. The molecule has 41 heavy (non-hydrogen) atoms. The number of aromatic nitrogens is 3. The molecule has 3 aliphatic heterocycles. The Labute approximate surface area is 243 Å². The Morgan fingerprint density at radius 2 is 2.07 bits per heavy atom. The van der Waals surface area contributed by atoms with E-state index in [9.17, 15) is 9.90 Å². The van der Waals surface area contributed by atoms with Gasteiger partial charge in [-0.25, -0.2) is 9.78 Å². The Morgan fingerprint density at radius 1 is 1.22 bits per heavy atom. The first-order valence-electron chi connectivity index (χ1n) is 14.1. The van der Waals surface area contributed by atoms with Crippen LogP contribution in [0.1, 0.15) is 69.6 Å². The lowest BCUT2D eigenvalue weighted by atomic mass is 9.89. The van der Waals surface area contributed by atoms with Crippen molar-refractivity contribution in [2.45, 2.75) is 58.0 Å². The summed E-state index contributed by atoms with van der Waals surface area (Å²) >= 11 is 6.07. The van der Waals surface area contributed by atoms with Crippen molar-refractivity contribution in [1.82, 2.24) is 19.4 Å². The van der Waals surface area contributed by atoms with Crippen molar-refractivity contribution < 1.29 is 19.4 Å². The molecule has 3 atom stereocenters. The van der Waals surface area contributed by atoms with Crippen molar-refractivity contribution in [1.29, 1.82) is 0 Å². The number of benzene rings is 2. The molecule has 3 aliphatic rings. The minimum Gasteiger partial charge on any atom is -0.479 e. The number of rotatable bonds is 6. The number of ether oxygens (including phenoxy) is 2. The summed E-state index contributed by atoms with van der Waals surface area (Å²) in [7, 11) is 0. The zero-order valence-corrected chi connectivity index (χ0v) is 23.8. The number of aryl methyl sites for hydroxylation is 1. The quantitative estimate of drug-likeness (QED) is 0.297. The number of nitrogens with zero attached hydrogens (tertiary/aromatic N) is 4. The summed E-state index contributed by atoms with van der Waals surface area (Å²) in [6, 6.07) is 11.6. The smallest absolute Gasteiger partial charge is 0.335 e. The van der Waals surface area contributed by atoms with Crippen LogP contribution in [0.5, 0.6) is 5.75 Å². The minimum atomic E-state index is -0.934. The molecule has 210 valence electrons. The molecule has 8 nitrogen and oxygen atoms in total. The first-order valence-corrected chi connectivity index (χ1v) is 14.4. The second kappa shape index (κ2) is 10.3. The SMILES string of the molecule is Cc1cc(C(=O)O)cc2c1nc(CN1CCc3ccc4c(c3C1C)O[C@@H](c1ccc(Cl)cn1)C=C4)n2C[C@@H]1CCO1. The van der Waals surface area contributed by atoms with E-state index in [4.69, 9.17) is 26.1 Å². The molecule has 1 unspecified atom stereocenters. The molecule has 5 heterocycles. The van der Waals surface area contributed by atoms with Crippen LogP contribution < -0.4 is 4.74 Å². The number of carboxylic acid groups (broad SMARTS) is 1. The van der Waals surface area contributed by atoms with E-state index in [0.29, 0.717) is 18.1 Å². The van der Waals surface area contributed by atoms with Gasteiger partial charge in [0.1, 0.15) is 11.6 Å². The van der Waals surface area contributed by atoms with Gasteiger partial charge in [-0.05, 0) is 68.2 Å². The molecule has 2 aromatic heterocycles. The average molecular weight is 571 g/mol. The number of carbonyl (C=O) groups is 1. The van der Waals surface area contributed by atoms with E-state index in [-0.39, 0.29) is 23.8 Å². The zero-order chi connectivity index (χ0) is 28.2. The summed E-state index contributed by atoms with van der Waals surface area (Å²) in [4.78, 5) is 23.8. The van der Waals surface area contributed by atoms with Crippen molar-refractivity contribution in [3.63, 3.8) is 0 Å². The van der Waals surface area contributed by atoms with Gasteiger partial charge >= 0.3 is 5.97 Å². The largest absolute Gasteiger partial charge is 0.479 e. The summed E-state index contributed by atoms with van der Waals surface area (Å²) in [5, 5.41) is 10.3. The van der Waals surface area contributed by atoms with E-state index in [1.54, 1.807) is 18.3 Å². The Bertz CT molecular complexity index is 1690. The molecule has 0 spiro atoms. The fourth-order valence-electron chi connectivity index (χ4n) is 6.23. The summed E-state index contributed by atoms with van der Waals surface area (Å²) < 4.78 is 14.6. The van der Waals surface area contributed by atoms with Crippen molar-refractivity contribution in [3.8, 4) is 5.75 Å². The Morgan fingerprint density at radius 3 is 2.80 bits per heavy atom. The number of carboxylic acids is 1. The van der Waals surface area contributed by atoms with Gasteiger partial charge in [-0.2, -0.15) is 0 Å². The predicted molar refractivity (Wildman–Crippen MR) is 156 cm³/mol. The number of halogens is 1. The molecule has 2 aromatic carbocycles. The molecule has 0 saturated carbocycles. The highest BCUT2D eigenvalue weighted by atomic mass is 35.5. The zero-order valence-electron chi connectivity index (χ0n) is 23.0. The topological polar surface area (TPSA) is 89.7 Å². The molecule has 7 rings (SSSR count). The van der Waals surface area contributed by atoms with Gasteiger partial charge < -0.3 is 19.1 Å². The Hall–Kier alpha value is -3.72. The summed E-state index contributed by atoms with van der Waals surface area (Å²) in [5.74, 6) is 0.893. The van der Waals surface area contributed by atoms with E-state index in [2.05, 4.69) is 39.6 Å². The number of imidazole rings is 1. The number of hydrogen-bond donors (Lipinski definition) is 1. The van der Waals surface area contributed by atoms with Crippen LogP contribution in [0, 0.1) is 6.92 Å². The van der Waals surface area contributed by atoms with E-state index >= 15 is 0 Å². The Kier molecular flexibility index (Phi) is 6.57. The van der Waals surface area contributed by atoms with Gasteiger partial charge in [0.05, 0.1) is 46.5 Å². The number of pyridine rings is 1. The van der Waals surface area contributed by atoms with Gasteiger partial charge in [-0.15, -0.1) is 0 Å². The van der Waals surface area contributed by atoms with E-state index in [0.717, 1.165) is 65.4 Å². The summed E-state index contributed by atoms with van der Waals surface area (Å²) in [6.45, 7) is 7.09. The van der Waals surface area contributed by atoms with Gasteiger partial charge in [-0.3, -0.25) is 9.88 Å². The maximum Gasteiger partial charge on any atom is 0.335 e. The van der Waals surface area contributed by atoms with Gasteiger partial charge in [-0.1, -0.05) is 29.8 Å².